The summed E-state index contributed by atoms with van der Waals surface area (Å²) in [5.41, 5.74) is 3.09. The predicted molar refractivity (Wildman–Crippen MR) is 139 cm³/mol. The first-order valence-corrected chi connectivity index (χ1v) is 12.0. The summed E-state index contributed by atoms with van der Waals surface area (Å²) in [5, 5.41) is 26.1. The van der Waals surface area contributed by atoms with Crippen molar-refractivity contribution in [3.8, 4) is 6.07 Å². The number of aliphatic imine (C=N–C) groups is 1. The maximum atomic E-state index is 12.9. The van der Waals surface area contributed by atoms with Gasteiger partial charge in [-0.05, 0) is 64.7 Å². The quantitative estimate of drug-likeness (QED) is 0.416. The molecule has 0 bridgehead atoms. The Morgan fingerprint density at radius 2 is 2.17 bits per heavy atom. The lowest BCUT2D eigenvalue weighted by Crippen LogP contribution is -2.45. The van der Waals surface area contributed by atoms with Crippen molar-refractivity contribution in [3.63, 3.8) is 0 Å². The topological polar surface area (TPSA) is 129 Å². The summed E-state index contributed by atoms with van der Waals surface area (Å²) >= 11 is 3.40. The number of benzene rings is 1. The number of nitrogens with zero attached hydrogens (tertiary/aromatic N) is 4. The van der Waals surface area contributed by atoms with Crippen LogP contribution in [-0.2, 0) is 6.54 Å². The molecule has 178 valence electrons. The standard InChI is InChI=1S/C25H25BrN8O/c26-21(13-28)24-32-22(11-23(33-24)30-15-18-3-1-9-29-14-18)19-4-2-10-34(16-19)25(35)31-20-7-5-17(12-27)6-8-20/h1,3,5-9,11,13-14,19,28,30,33H,2,4,10,15-16H2,(H,31,35)/b24-21+,28-13?. The summed E-state index contributed by atoms with van der Waals surface area (Å²) in [6.07, 6.45) is 8.47. The molecule has 4 N–H and O–H groups in total. The second kappa shape index (κ2) is 11.4. The van der Waals surface area contributed by atoms with Gasteiger partial charge in [0.2, 0.25) is 0 Å². The van der Waals surface area contributed by atoms with E-state index in [0.29, 0.717) is 41.2 Å². The van der Waals surface area contributed by atoms with Gasteiger partial charge in [0, 0.05) is 55.9 Å². The second-order valence-electron chi connectivity index (χ2n) is 8.18. The molecule has 9 nitrogen and oxygen atoms in total. The van der Waals surface area contributed by atoms with Crippen LogP contribution in [0.5, 0.6) is 0 Å². The number of carbonyl (C=O) groups excluding carboxylic acids is 1. The van der Waals surface area contributed by atoms with E-state index in [1.807, 2.05) is 18.2 Å². The summed E-state index contributed by atoms with van der Waals surface area (Å²) in [6, 6.07) is 12.6. The fourth-order valence-electron chi connectivity index (χ4n) is 3.92. The van der Waals surface area contributed by atoms with E-state index in [-0.39, 0.29) is 11.9 Å². The maximum Gasteiger partial charge on any atom is 0.321 e. The van der Waals surface area contributed by atoms with Gasteiger partial charge < -0.3 is 26.3 Å². The molecule has 1 atom stereocenters. The van der Waals surface area contributed by atoms with Crippen molar-refractivity contribution in [2.45, 2.75) is 19.4 Å². The highest BCUT2D eigenvalue weighted by Gasteiger charge is 2.28. The SMILES string of the molecule is N#Cc1ccc(NC(=O)N2CCCC(C3=N/C(=C(\Br)C=N)NC(NCc4cccnc4)=C3)C2)cc1. The molecule has 1 unspecified atom stereocenters. The van der Waals surface area contributed by atoms with Crippen LogP contribution < -0.4 is 16.0 Å². The number of amides is 2. The van der Waals surface area contributed by atoms with Crippen LogP contribution in [0.25, 0.3) is 0 Å². The highest BCUT2D eigenvalue weighted by atomic mass is 79.9. The third-order valence-electron chi connectivity index (χ3n) is 5.74. The molecule has 0 saturated carbocycles. The summed E-state index contributed by atoms with van der Waals surface area (Å²) in [5.74, 6) is 1.37. The second-order valence-corrected chi connectivity index (χ2v) is 9.03. The lowest BCUT2D eigenvalue weighted by atomic mass is 9.92. The number of likely N-dealkylation sites (tertiary alicyclic amines) is 1. The number of urea groups is 1. The zero-order valence-electron chi connectivity index (χ0n) is 19.0. The van der Waals surface area contributed by atoms with Crippen LogP contribution >= 0.6 is 15.9 Å². The van der Waals surface area contributed by atoms with Gasteiger partial charge in [0.25, 0.3) is 0 Å². The zero-order chi connectivity index (χ0) is 24.6. The number of piperidine rings is 1. The molecule has 2 aliphatic rings. The molecule has 4 rings (SSSR count). The number of pyridine rings is 1. The Labute approximate surface area is 212 Å². The van der Waals surface area contributed by atoms with Crippen LogP contribution in [0.3, 0.4) is 0 Å². The Bertz CT molecular complexity index is 1210. The van der Waals surface area contributed by atoms with Gasteiger partial charge in [0.15, 0.2) is 0 Å². The van der Waals surface area contributed by atoms with Crippen molar-refractivity contribution in [1.29, 1.82) is 10.7 Å². The minimum atomic E-state index is -0.177. The third kappa shape index (κ3) is 6.33. The molecule has 1 aromatic carbocycles. The van der Waals surface area contributed by atoms with Gasteiger partial charge in [-0.3, -0.25) is 4.98 Å². The molecule has 0 spiro atoms. The lowest BCUT2D eigenvalue weighted by molar-refractivity contribution is 0.191. The van der Waals surface area contributed by atoms with Crippen LogP contribution in [0.1, 0.15) is 24.0 Å². The zero-order valence-corrected chi connectivity index (χ0v) is 20.5. The van der Waals surface area contributed by atoms with Crippen molar-refractivity contribution in [3.05, 3.63) is 82.1 Å². The van der Waals surface area contributed by atoms with Gasteiger partial charge >= 0.3 is 6.03 Å². The van der Waals surface area contributed by atoms with Crippen molar-refractivity contribution >= 4 is 39.6 Å². The Hall–Kier alpha value is -3.97. The molecule has 1 aromatic heterocycles. The van der Waals surface area contributed by atoms with Gasteiger partial charge in [-0.25, -0.2) is 9.79 Å². The Balaban J connectivity index is 1.47. The molecule has 3 heterocycles. The first-order chi connectivity index (χ1) is 17.1. The molecular weight excluding hydrogens is 508 g/mol. The number of nitriles is 1. The highest BCUT2D eigenvalue weighted by molar-refractivity contribution is 9.12. The van der Waals surface area contributed by atoms with E-state index in [4.69, 9.17) is 15.7 Å². The van der Waals surface area contributed by atoms with E-state index in [0.717, 1.165) is 29.9 Å². The molecule has 10 heteroatoms. The number of halogens is 1. The molecule has 35 heavy (non-hydrogen) atoms. The molecule has 2 amide bonds. The lowest BCUT2D eigenvalue weighted by Gasteiger charge is -2.34. The van der Waals surface area contributed by atoms with Crippen LogP contribution in [0.2, 0.25) is 0 Å². The van der Waals surface area contributed by atoms with Gasteiger partial charge in [-0.15, -0.1) is 0 Å². The number of hydrogen-bond donors (Lipinski definition) is 4. The first kappa shape index (κ1) is 24.2. The monoisotopic (exact) mass is 532 g/mol. The Morgan fingerprint density at radius 1 is 1.34 bits per heavy atom. The van der Waals surface area contributed by atoms with Crippen molar-refractivity contribution in [2.24, 2.45) is 10.9 Å². The van der Waals surface area contributed by atoms with Crippen molar-refractivity contribution < 1.29 is 4.79 Å². The average molecular weight is 533 g/mol. The Kier molecular flexibility index (Phi) is 7.90. The number of rotatable bonds is 6. The number of aromatic nitrogens is 1. The van der Waals surface area contributed by atoms with Crippen molar-refractivity contribution in [1.82, 2.24) is 20.5 Å². The minimum Gasteiger partial charge on any atom is -0.367 e. The third-order valence-corrected chi connectivity index (χ3v) is 6.34. The molecule has 2 aliphatic heterocycles. The summed E-state index contributed by atoms with van der Waals surface area (Å²) in [4.78, 5) is 23.6. The van der Waals surface area contributed by atoms with E-state index in [1.165, 1.54) is 6.21 Å². The number of carbonyl (C=O) groups is 1. The summed E-state index contributed by atoms with van der Waals surface area (Å²) in [7, 11) is 0. The van der Waals surface area contributed by atoms with Gasteiger partial charge in [-0.2, -0.15) is 5.26 Å². The number of hydrogen-bond acceptors (Lipinski definition) is 7. The minimum absolute atomic E-state index is 0.0498. The van der Waals surface area contributed by atoms with Crippen LogP contribution in [0.4, 0.5) is 10.5 Å². The van der Waals surface area contributed by atoms with Gasteiger partial charge in [0.05, 0.1) is 21.8 Å². The predicted octanol–water partition coefficient (Wildman–Crippen LogP) is 4.09. The molecule has 0 aliphatic carbocycles. The Morgan fingerprint density at radius 3 is 2.89 bits per heavy atom. The number of anilines is 1. The fourth-order valence-corrected chi connectivity index (χ4v) is 4.11. The van der Waals surface area contributed by atoms with E-state index >= 15 is 0 Å². The molecule has 2 aromatic rings. The maximum absolute atomic E-state index is 12.9. The smallest absolute Gasteiger partial charge is 0.321 e. The highest BCUT2D eigenvalue weighted by Crippen LogP contribution is 2.24. The largest absolute Gasteiger partial charge is 0.367 e. The number of nitrogens with one attached hydrogen (secondary N) is 4. The van der Waals surface area contributed by atoms with Gasteiger partial charge in [0.1, 0.15) is 11.6 Å². The van der Waals surface area contributed by atoms with Crippen LogP contribution in [0.15, 0.2) is 76.0 Å². The molecule has 1 fully saturated rings. The average Bonchev–Trinajstić information content (AvgIpc) is 2.92. The van der Waals surface area contributed by atoms with E-state index < -0.39 is 0 Å². The molecule has 1 saturated heterocycles. The number of allylic oxidation sites excluding steroid dienone is 2. The summed E-state index contributed by atoms with van der Waals surface area (Å²) < 4.78 is 0.537. The normalized spacial score (nSPS) is 18.9. The molecule has 0 radical (unpaired) electrons. The fraction of sp³-hybridized carbons (Fsp3) is 0.240. The van der Waals surface area contributed by atoms with Crippen molar-refractivity contribution in [2.75, 3.05) is 18.4 Å². The van der Waals surface area contributed by atoms with E-state index in [9.17, 15) is 4.79 Å². The van der Waals surface area contributed by atoms with E-state index in [1.54, 1.807) is 41.6 Å². The molecular formula is C25H25BrN8O. The van der Waals surface area contributed by atoms with E-state index in [2.05, 4.69) is 42.9 Å². The van der Waals surface area contributed by atoms with Gasteiger partial charge in [-0.1, -0.05) is 6.07 Å². The van der Waals surface area contributed by atoms with Crippen LogP contribution in [-0.4, -0.2) is 40.9 Å². The van der Waals surface area contributed by atoms with Crippen LogP contribution in [0, 0.1) is 22.7 Å². The summed E-state index contributed by atoms with van der Waals surface area (Å²) in [6.45, 7) is 1.77. The first-order valence-electron chi connectivity index (χ1n) is 11.2.